The number of benzene rings is 3. The maximum Gasteiger partial charge on any atom is 0.275 e. The number of carbonyl (C=O) groups excluding carboxylic acids is 1. The molecule has 0 unspecified atom stereocenters. The molecule has 0 aromatic heterocycles. The van der Waals surface area contributed by atoms with E-state index in [-0.39, 0.29) is 18.2 Å². The van der Waals surface area contributed by atoms with Gasteiger partial charge in [-0.2, -0.15) is 5.10 Å². The average molecular weight is 484 g/mol. The van der Waals surface area contributed by atoms with Crippen molar-refractivity contribution < 1.29 is 19.2 Å². The Morgan fingerprint density at radius 1 is 1.13 bits per heavy atom. The summed E-state index contributed by atoms with van der Waals surface area (Å²) < 4.78 is 11.6. The lowest BCUT2D eigenvalue weighted by molar-refractivity contribution is -0.384. The SMILES string of the molecule is COc1ccccc1C(=O)N/N=C\c1ccc(OCc2ccc([N+](=O)[O-])cc2)c(Br)c1. The van der Waals surface area contributed by atoms with E-state index in [9.17, 15) is 14.9 Å². The quantitative estimate of drug-likeness (QED) is 0.284. The van der Waals surface area contributed by atoms with Crippen molar-refractivity contribution in [3.05, 3.63) is 98.0 Å². The number of hydrogen-bond donors (Lipinski definition) is 1. The summed E-state index contributed by atoms with van der Waals surface area (Å²) in [6.45, 7) is 0.263. The molecule has 8 nitrogen and oxygen atoms in total. The van der Waals surface area contributed by atoms with E-state index in [0.29, 0.717) is 21.5 Å². The van der Waals surface area contributed by atoms with Crippen LogP contribution in [0.5, 0.6) is 11.5 Å². The number of carbonyl (C=O) groups is 1. The van der Waals surface area contributed by atoms with Crippen molar-refractivity contribution in [2.45, 2.75) is 6.61 Å². The molecule has 0 saturated heterocycles. The number of nitrogens with one attached hydrogen (secondary N) is 1. The average Bonchev–Trinajstić information content (AvgIpc) is 2.78. The van der Waals surface area contributed by atoms with Crippen molar-refractivity contribution in [3.63, 3.8) is 0 Å². The van der Waals surface area contributed by atoms with E-state index in [2.05, 4.69) is 26.5 Å². The van der Waals surface area contributed by atoms with Crippen molar-refractivity contribution >= 4 is 33.7 Å². The number of nitrogens with zero attached hydrogens (tertiary/aromatic N) is 2. The molecule has 0 fully saturated rings. The Bertz CT molecular complexity index is 1120. The van der Waals surface area contributed by atoms with Crippen LogP contribution in [0.1, 0.15) is 21.5 Å². The molecule has 0 bridgehead atoms. The molecule has 0 aliphatic carbocycles. The van der Waals surface area contributed by atoms with Gasteiger partial charge in [-0.3, -0.25) is 14.9 Å². The van der Waals surface area contributed by atoms with E-state index in [1.807, 2.05) is 0 Å². The van der Waals surface area contributed by atoms with Crippen molar-refractivity contribution in [3.8, 4) is 11.5 Å². The molecule has 0 heterocycles. The minimum Gasteiger partial charge on any atom is -0.496 e. The molecule has 1 amide bonds. The first kappa shape index (κ1) is 22.0. The second-order valence-corrected chi connectivity index (χ2v) is 7.16. The number of non-ortho nitro benzene ring substituents is 1. The Balaban J connectivity index is 1.58. The number of nitro groups is 1. The highest BCUT2D eigenvalue weighted by molar-refractivity contribution is 9.10. The van der Waals surface area contributed by atoms with Crippen LogP contribution in [-0.2, 0) is 6.61 Å². The maximum absolute atomic E-state index is 12.2. The third kappa shape index (κ3) is 5.89. The first-order chi connectivity index (χ1) is 15.0. The molecule has 0 radical (unpaired) electrons. The summed E-state index contributed by atoms with van der Waals surface area (Å²) in [4.78, 5) is 22.5. The van der Waals surface area contributed by atoms with Gasteiger partial charge < -0.3 is 9.47 Å². The summed E-state index contributed by atoms with van der Waals surface area (Å²) in [5, 5.41) is 14.7. The molecule has 9 heteroatoms. The smallest absolute Gasteiger partial charge is 0.275 e. The van der Waals surface area contributed by atoms with Gasteiger partial charge in [-0.15, -0.1) is 0 Å². The van der Waals surface area contributed by atoms with Gasteiger partial charge in [0.2, 0.25) is 0 Å². The predicted octanol–water partition coefficient (Wildman–Crippen LogP) is 4.71. The lowest BCUT2D eigenvalue weighted by Gasteiger charge is -2.09. The zero-order valence-corrected chi connectivity index (χ0v) is 18.0. The Morgan fingerprint density at radius 3 is 2.55 bits per heavy atom. The van der Waals surface area contributed by atoms with E-state index >= 15 is 0 Å². The van der Waals surface area contributed by atoms with Gasteiger partial charge in [0.15, 0.2) is 0 Å². The fraction of sp³-hybridized carbons (Fsp3) is 0.0909. The number of methoxy groups -OCH3 is 1. The van der Waals surface area contributed by atoms with E-state index in [1.54, 1.807) is 54.6 Å². The Morgan fingerprint density at radius 2 is 1.87 bits per heavy atom. The minimum absolute atomic E-state index is 0.0337. The zero-order chi connectivity index (χ0) is 22.2. The number of ether oxygens (including phenoxy) is 2. The summed E-state index contributed by atoms with van der Waals surface area (Å²) >= 11 is 3.45. The summed E-state index contributed by atoms with van der Waals surface area (Å²) in [7, 11) is 1.50. The zero-order valence-electron chi connectivity index (χ0n) is 16.4. The molecular weight excluding hydrogens is 466 g/mol. The Kier molecular flexibility index (Phi) is 7.34. The van der Waals surface area contributed by atoms with Crippen LogP contribution in [0.4, 0.5) is 5.69 Å². The van der Waals surface area contributed by atoms with Gasteiger partial charge in [-0.05, 0) is 69.5 Å². The van der Waals surface area contributed by atoms with E-state index in [0.717, 1.165) is 11.1 Å². The predicted molar refractivity (Wildman–Crippen MR) is 120 cm³/mol. The number of hydrazone groups is 1. The molecule has 31 heavy (non-hydrogen) atoms. The van der Waals surface area contributed by atoms with Crippen molar-refractivity contribution in [1.82, 2.24) is 5.43 Å². The maximum atomic E-state index is 12.2. The molecular formula is C22H18BrN3O5. The summed E-state index contributed by atoms with van der Waals surface area (Å²) in [6, 6.07) is 18.4. The van der Waals surface area contributed by atoms with E-state index < -0.39 is 4.92 Å². The van der Waals surface area contributed by atoms with Crippen molar-refractivity contribution in [1.29, 1.82) is 0 Å². The third-order valence-corrected chi connectivity index (χ3v) is 4.85. The first-order valence-electron chi connectivity index (χ1n) is 9.10. The molecule has 0 saturated carbocycles. The Hall–Kier alpha value is -3.72. The minimum atomic E-state index is -0.444. The van der Waals surface area contributed by atoms with Gasteiger partial charge in [0, 0.05) is 12.1 Å². The van der Waals surface area contributed by atoms with Crippen LogP contribution in [0.25, 0.3) is 0 Å². The van der Waals surface area contributed by atoms with Gasteiger partial charge in [-0.1, -0.05) is 12.1 Å². The number of hydrogen-bond acceptors (Lipinski definition) is 6. The van der Waals surface area contributed by atoms with Gasteiger partial charge in [-0.25, -0.2) is 5.43 Å². The van der Waals surface area contributed by atoms with Crippen LogP contribution in [0.2, 0.25) is 0 Å². The monoisotopic (exact) mass is 483 g/mol. The molecule has 0 spiro atoms. The summed E-state index contributed by atoms with van der Waals surface area (Å²) in [6.07, 6.45) is 1.51. The molecule has 3 rings (SSSR count). The number of rotatable bonds is 8. The number of amides is 1. The molecule has 3 aromatic carbocycles. The van der Waals surface area contributed by atoms with Crippen LogP contribution < -0.4 is 14.9 Å². The topological polar surface area (TPSA) is 103 Å². The lowest BCUT2D eigenvalue weighted by Crippen LogP contribution is -2.18. The molecule has 158 valence electrons. The number of para-hydroxylation sites is 1. The third-order valence-electron chi connectivity index (χ3n) is 4.23. The normalized spacial score (nSPS) is 10.6. The second kappa shape index (κ2) is 10.4. The molecule has 1 N–H and O–H groups in total. The highest BCUT2D eigenvalue weighted by Gasteiger charge is 2.10. The van der Waals surface area contributed by atoms with Gasteiger partial charge >= 0.3 is 0 Å². The van der Waals surface area contributed by atoms with Crippen LogP contribution in [0, 0.1) is 10.1 Å². The Labute approximate surface area is 186 Å². The molecule has 3 aromatic rings. The summed E-state index contributed by atoms with van der Waals surface area (Å²) in [5.74, 6) is 0.692. The van der Waals surface area contributed by atoms with Crippen LogP contribution >= 0.6 is 15.9 Å². The van der Waals surface area contributed by atoms with Crippen molar-refractivity contribution in [2.24, 2.45) is 5.10 Å². The number of nitro benzene ring substituents is 1. The van der Waals surface area contributed by atoms with Crippen LogP contribution in [0.3, 0.4) is 0 Å². The van der Waals surface area contributed by atoms with Crippen LogP contribution in [-0.4, -0.2) is 24.2 Å². The largest absolute Gasteiger partial charge is 0.496 e. The van der Waals surface area contributed by atoms with Gasteiger partial charge in [0.1, 0.15) is 18.1 Å². The van der Waals surface area contributed by atoms with E-state index in [4.69, 9.17) is 9.47 Å². The molecule has 0 atom stereocenters. The summed E-state index contributed by atoms with van der Waals surface area (Å²) in [5.41, 5.74) is 4.45. The van der Waals surface area contributed by atoms with Gasteiger partial charge in [0.05, 0.1) is 28.3 Å². The van der Waals surface area contributed by atoms with Crippen LogP contribution in [0.15, 0.2) is 76.3 Å². The standard InChI is InChI=1S/C22H18BrN3O5/c1-30-20-5-3-2-4-18(20)22(27)25-24-13-16-8-11-21(19(23)12-16)31-14-15-6-9-17(10-7-15)26(28)29/h2-13H,14H2,1H3,(H,25,27)/b24-13-. The lowest BCUT2D eigenvalue weighted by atomic mass is 10.2. The first-order valence-corrected chi connectivity index (χ1v) is 9.89. The fourth-order valence-electron chi connectivity index (χ4n) is 2.65. The van der Waals surface area contributed by atoms with Gasteiger partial charge in [0.25, 0.3) is 11.6 Å². The highest BCUT2D eigenvalue weighted by atomic mass is 79.9. The second-order valence-electron chi connectivity index (χ2n) is 6.30. The highest BCUT2D eigenvalue weighted by Crippen LogP contribution is 2.26. The van der Waals surface area contributed by atoms with Crippen molar-refractivity contribution in [2.75, 3.05) is 7.11 Å². The molecule has 0 aliphatic rings. The number of halogens is 1. The van der Waals surface area contributed by atoms with E-state index in [1.165, 1.54) is 25.5 Å². The fourth-order valence-corrected chi connectivity index (χ4v) is 3.16. The molecule has 0 aliphatic heterocycles.